The summed E-state index contributed by atoms with van der Waals surface area (Å²) < 4.78 is 5.31. The van der Waals surface area contributed by atoms with Gasteiger partial charge >= 0.3 is 0 Å². The molecule has 0 heterocycles. The summed E-state index contributed by atoms with van der Waals surface area (Å²) >= 11 is 11.7. The van der Waals surface area contributed by atoms with Crippen molar-refractivity contribution in [2.24, 2.45) is 0 Å². The maximum atomic E-state index is 11.8. The van der Waals surface area contributed by atoms with Gasteiger partial charge in [-0.3, -0.25) is 9.59 Å². The van der Waals surface area contributed by atoms with E-state index in [1.807, 2.05) is 0 Å². The van der Waals surface area contributed by atoms with Gasteiger partial charge < -0.3 is 10.1 Å². The van der Waals surface area contributed by atoms with Gasteiger partial charge in [-0.2, -0.15) is 0 Å². The molecule has 1 amide bonds. The molecule has 4 nitrogen and oxygen atoms in total. The minimum Gasteiger partial charge on any atom is -0.484 e. The van der Waals surface area contributed by atoms with Gasteiger partial charge in [0, 0.05) is 10.6 Å². The van der Waals surface area contributed by atoms with Crippen LogP contribution in [0.4, 0.5) is 5.69 Å². The van der Waals surface area contributed by atoms with E-state index in [9.17, 15) is 9.59 Å². The van der Waals surface area contributed by atoms with E-state index in [0.29, 0.717) is 27.0 Å². The predicted molar refractivity (Wildman–Crippen MR) is 82.4 cm³/mol. The molecule has 2 rings (SSSR count). The highest BCUT2D eigenvalue weighted by atomic mass is 35.5. The lowest BCUT2D eigenvalue weighted by Crippen LogP contribution is -2.20. The largest absolute Gasteiger partial charge is 0.484 e. The maximum absolute atomic E-state index is 11.8. The van der Waals surface area contributed by atoms with Gasteiger partial charge in [0.05, 0.1) is 10.7 Å². The number of carbonyl (C=O) groups excluding carboxylic acids is 2. The van der Waals surface area contributed by atoms with Crippen LogP contribution < -0.4 is 10.1 Å². The molecule has 6 heteroatoms. The number of hydrogen-bond acceptors (Lipinski definition) is 3. The molecule has 0 fully saturated rings. The van der Waals surface area contributed by atoms with Gasteiger partial charge in [0.1, 0.15) is 12.0 Å². The Hall–Kier alpha value is -2.04. The number of halogens is 2. The topological polar surface area (TPSA) is 55.4 Å². The molecule has 0 atom stereocenters. The quantitative estimate of drug-likeness (QED) is 0.851. The van der Waals surface area contributed by atoms with E-state index in [1.165, 1.54) is 6.07 Å². The highest BCUT2D eigenvalue weighted by Gasteiger charge is 2.07. The number of aldehydes is 1. The Morgan fingerprint density at radius 1 is 1.14 bits per heavy atom. The third-order valence-electron chi connectivity index (χ3n) is 2.59. The molecule has 0 saturated carbocycles. The number of hydrogen-bond donors (Lipinski definition) is 1. The molecule has 21 heavy (non-hydrogen) atoms. The first-order valence-electron chi connectivity index (χ1n) is 6.01. The molecule has 0 aliphatic heterocycles. The van der Waals surface area contributed by atoms with Crippen LogP contribution in [0.3, 0.4) is 0 Å². The number of nitrogens with one attached hydrogen (secondary N) is 1. The normalized spacial score (nSPS) is 10.0. The summed E-state index contributed by atoms with van der Waals surface area (Å²) in [5, 5.41) is 3.46. The van der Waals surface area contributed by atoms with E-state index >= 15 is 0 Å². The Kier molecular flexibility index (Phi) is 5.20. The second-order valence-corrected chi connectivity index (χ2v) is 4.99. The molecular weight excluding hydrogens is 313 g/mol. The van der Waals surface area contributed by atoms with E-state index in [1.54, 1.807) is 36.4 Å². The lowest BCUT2D eigenvalue weighted by atomic mass is 10.2. The van der Waals surface area contributed by atoms with Crippen LogP contribution in [-0.4, -0.2) is 18.8 Å². The second-order valence-electron chi connectivity index (χ2n) is 4.15. The van der Waals surface area contributed by atoms with Crippen molar-refractivity contribution in [2.45, 2.75) is 0 Å². The first kappa shape index (κ1) is 15.4. The van der Waals surface area contributed by atoms with E-state index in [0.717, 1.165) is 6.29 Å². The molecule has 0 aliphatic carbocycles. The van der Waals surface area contributed by atoms with Gasteiger partial charge in [-0.05, 0) is 42.5 Å². The van der Waals surface area contributed by atoms with Crippen LogP contribution in [0.2, 0.25) is 10.0 Å². The Labute approximate surface area is 131 Å². The maximum Gasteiger partial charge on any atom is 0.262 e. The summed E-state index contributed by atoms with van der Waals surface area (Å²) in [5.74, 6) is 0.150. The van der Waals surface area contributed by atoms with Crippen LogP contribution in [0.1, 0.15) is 10.4 Å². The summed E-state index contributed by atoms with van der Waals surface area (Å²) in [5.41, 5.74) is 1.01. The summed E-state index contributed by atoms with van der Waals surface area (Å²) in [6, 6.07) is 11.2. The number of benzene rings is 2. The third-order valence-corrected chi connectivity index (χ3v) is 3.14. The standard InChI is InChI=1S/C15H11Cl2NO3/c16-11-3-6-14(13(17)7-11)18-15(20)9-21-12-4-1-10(8-19)2-5-12/h1-8H,9H2,(H,18,20). The molecule has 0 aliphatic rings. The zero-order chi connectivity index (χ0) is 15.2. The third kappa shape index (κ3) is 4.48. The van der Waals surface area contributed by atoms with Gasteiger partial charge in [-0.15, -0.1) is 0 Å². The predicted octanol–water partition coefficient (Wildman–Crippen LogP) is 3.82. The van der Waals surface area contributed by atoms with Gasteiger partial charge in [0.15, 0.2) is 6.61 Å². The van der Waals surface area contributed by atoms with Gasteiger partial charge in [-0.25, -0.2) is 0 Å². The molecule has 2 aromatic rings. The number of amides is 1. The molecule has 0 aromatic heterocycles. The van der Waals surface area contributed by atoms with Crippen LogP contribution in [0.15, 0.2) is 42.5 Å². The fraction of sp³-hybridized carbons (Fsp3) is 0.0667. The smallest absolute Gasteiger partial charge is 0.262 e. The fourth-order valence-corrected chi connectivity index (χ4v) is 2.02. The van der Waals surface area contributed by atoms with Crippen LogP contribution >= 0.6 is 23.2 Å². The number of rotatable bonds is 5. The highest BCUT2D eigenvalue weighted by Crippen LogP contribution is 2.25. The minimum atomic E-state index is -0.348. The van der Waals surface area contributed by atoms with Gasteiger partial charge in [0.25, 0.3) is 5.91 Å². The first-order valence-corrected chi connectivity index (χ1v) is 6.77. The molecule has 0 bridgehead atoms. The van der Waals surface area contributed by atoms with Gasteiger partial charge in [0.2, 0.25) is 0 Å². The van der Waals surface area contributed by atoms with E-state index in [2.05, 4.69) is 5.32 Å². The molecule has 2 aromatic carbocycles. The Bertz CT molecular complexity index is 656. The SMILES string of the molecule is O=Cc1ccc(OCC(=O)Nc2ccc(Cl)cc2Cl)cc1. The molecule has 0 saturated heterocycles. The van der Waals surface area contributed by atoms with Crippen LogP contribution in [0.5, 0.6) is 5.75 Å². The number of ether oxygens (including phenoxy) is 1. The van der Waals surface area contributed by atoms with Crippen LogP contribution in [-0.2, 0) is 4.79 Å². The summed E-state index contributed by atoms with van der Waals surface area (Å²) in [7, 11) is 0. The molecule has 1 N–H and O–H groups in total. The molecule has 0 radical (unpaired) electrons. The zero-order valence-corrected chi connectivity index (χ0v) is 12.3. The number of carbonyl (C=O) groups is 2. The van der Waals surface area contributed by atoms with Crippen molar-refractivity contribution < 1.29 is 14.3 Å². The summed E-state index contributed by atoms with van der Waals surface area (Å²) in [4.78, 5) is 22.3. The Balaban J connectivity index is 1.90. The van der Waals surface area contributed by atoms with Crippen molar-refractivity contribution in [3.05, 3.63) is 58.1 Å². The van der Waals surface area contributed by atoms with Crippen LogP contribution in [0, 0.1) is 0 Å². The lowest BCUT2D eigenvalue weighted by molar-refractivity contribution is -0.118. The average Bonchev–Trinajstić information content (AvgIpc) is 2.48. The summed E-state index contributed by atoms with van der Waals surface area (Å²) in [6.07, 6.45) is 0.735. The second kappa shape index (κ2) is 7.11. The van der Waals surface area contributed by atoms with Crippen molar-refractivity contribution in [2.75, 3.05) is 11.9 Å². The van der Waals surface area contributed by atoms with E-state index in [-0.39, 0.29) is 12.5 Å². The van der Waals surface area contributed by atoms with Crippen molar-refractivity contribution in [3.63, 3.8) is 0 Å². The van der Waals surface area contributed by atoms with Gasteiger partial charge in [-0.1, -0.05) is 23.2 Å². The molecule has 108 valence electrons. The zero-order valence-electron chi connectivity index (χ0n) is 10.8. The van der Waals surface area contributed by atoms with Crippen LogP contribution in [0.25, 0.3) is 0 Å². The first-order chi connectivity index (χ1) is 10.1. The fourth-order valence-electron chi connectivity index (χ4n) is 1.57. The lowest BCUT2D eigenvalue weighted by Gasteiger charge is -2.09. The van der Waals surface area contributed by atoms with Crippen molar-refractivity contribution in [1.82, 2.24) is 0 Å². The average molecular weight is 324 g/mol. The van der Waals surface area contributed by atoms with E-state index < -0.39 is 0 Å². The molecular formula is C15H11Cl2NO3. The minimum absolute atomic E-state index is 0.167. The molecule has 0 unspecified atom stereocenters. The highest BCUT2D eigenvalue weighted by molar-refractivity contribution is 6.36. The van der Waals surface area contributed by atoms with Crippen molar-refractivity contribution in [3.8, 4) is 5.75 Å². The Morgan fingerprint density at radius 2 is 1.86 bits per heavy atom. The van der Waals surface area contributed by atoms with Crippen molar-refractivity contribution >= 4 is 41.1 Å². The molecule has 0 spiro atoms. The Morgan fingerprint density at radius 3 is 2.48 bits per heavy atom. The monoisotopic (exact) mass is 323 g/mol. The van der Waals surface area contributed by atoms with E-state index in [4.69, 9.17) is 27.9 Å². The van der Waals surface area contributed by atoms with Crippen molar-refractivity contribution in [1.29, 1.82) is 0 Å². The number of anilines is 1. The summed E-state index contributed by atoms with van der Waals surface area (Å²) in [6.45, 7) is -0.167.